The van der Waals surface area contributed by atoms with E-state index in [-0.39, 0.29) is 17.2 Å². The summed E-state index contributed by atoms with van der Waals surface area (Å²) < 4.78 is 0. The maximum absolute atomic E-state index is 12.3. The van der Waals surface area contributed by atoms with E-state index in [2.05, 4.69) is 19.2 Å². The maximum Gasteiger partial charge on any atom is 0.326 e. The highest BCUT2D eigenvalue weighted by Gasteiger charge is 2.38. The van der Waals surface area contributed by atoms with Gasteiger partial charge in [0.05, 0.1) is 0 Å². The average molecular weight is 287 g/mol. The summed E-state index contributed by atoms with van der Waals surface area (Å²) in [5, 5.41) is 11.9. The molecule has 0 aromatic rings. The molecule has 0 bridgehead atoms. The van der Waals surface area contributed by atoms with Gasteiger partial charge in [0.15, 0.2) is 0 Å². The molecule has 1 saturated carbocycles. The minimum atomic E-state index is -0.934. The molecule has 1 fully saturated rings. The van der Waals surface area contributed by atoms with Gasteiger partial charge in [-0.3, -0.25) is 4.79 Å². The number of carbonyl (C=O) groups is 2. The van der Waals surface area contributed by atoms with Crippen LogP contribution in [0.15, 0.2) is 0 Å². The van der Waals surface area contributed by atoms with Gasteiger partial charge in [-0.2, -0.15) is 11.8 Å². The number of hydrogen-bond donors (Lipinski definition) is 2. The Morgan fingerprint density at radius 3 is 2.63 bits per heavy atom. The van der Waals surface area contributed by atoms with Crippen LogP contribution in [0.1, 0.15) is 46.0 Å². The van der Waals surface area contributed by atoms with Crippen LogP contribution >= 0.6 is 11.8 Å². The molecule has 1 rings (SSSR count). The molecule has 110 valence electrons. The monoisotopic (exact) mass is 287 g/mol. The molecule has 4 nitrogen and oxygen atoms in total. The Kier molecular flexibility index (Phi) is 6.17. The number of carboxylic acids is 1. The zero-order chi connectivity index (χ0) is 14.5. The standard InChI is InChI=1S/C14H25NO3S/c1-14(2)8-5-4-6-10(14)12(16)15-11(13(17)18)7-9-19-3/h10-11H,4-9H2,1-3H3,(H,15,16)(H,17,18)/t10?,11-/m0/s1. The Balaban J connectivity index is 2.62. The summed E-state index contributed by atoms with van der Waals surface area (Å²) in [7, 11) is 0. The fourth-order valence-electron chi connectivity index (χ4n) is 2.75. The van der Waals surface area contributed by atoms with Crippen LogP contribution in [0.2, 0.25) is 0 Å². The summed E-state index contributed by atoms with van der Waals surface area (Å²) in [6.07, 6.45) is 6.54. The Morgan fingerprint density at radius 2 is 2.11 bits per heavy atom. The summed E-state index contributed by atoms with van der Waals surface area (Å²) in [4.78, 5) is 23.5. The lowest BCUT2D eigenvalue weighted by Gasteiger charge is -2.38. The molecule has 19 heavy (non-hydrogen) atoms. The molecule has 0 aromatic carbocycles. The van der Waals surface area contributed by atoms with E-state index in [1.54, 1.807) is 11.8 Å². The zero-order valence-corrected chi connectivity index (χ0v) is 12.9. The van der Waals surface area contributed by atoms with Gasteiger partial charge >= 0.3 is 5.97 Å². The number of rotatable bonds is 6. The van der Waals surface area contributed by atoms with E-state index in [0.29, 0.717) is 6.42 Å². The number of aliphatic carboxylic acids is 1. The third-order valence-corrected chi connectivity index (χ3v) is 4.69. The van der Waals surface area contributed by atoms with Crippen molar-refractivity contribution in [3.8, 4) is 0 Å². The fraction of sp³-hybridized carbons (Fsp3) is 0.857. The highest BCUT2D eigenvalue weighted by molar-refractivity contribution is 7.98. The second-order valence-electron chi connectivity index (χ2n) is 5.97. The van der Waals surface area contributed by atoms with E-state index in [0.717, 1.165) is 31.4 Å². The molecule has 0 radical (unpaired) electrons. The largest absolute Gasteiger partial charge is 0.480 e. The molecule has 1 aliphatic rings. The first-order valence-corrected chi connectivity index (χ1v) is 8.30. The van der Waals surface area contributed by atoms with Crippen LogP contribution in [0.25, 0.3) is 0 Å². The van der Waals surface area contributed by atoms with E-state index < -0.39 is 12.0 Å². The van der Waals surface area contributed by atoms with Crippen LogP contribution in [-0.4, -0.2) is 35.0 Å². The van der Waals surface area contributed by atoms with Crippen molar-refractivity contribution in [1.29, 1.82) is 0 Å². The summed E-state index contributed by atoms with van der Waals surface area (Å²) >= 11 is 1.60. The Hall–Kier alpha value is -0.710. The highest BCUT2D eigenvalue weighted by atomic mass is 32.2. The molecule has 0 spiro atoms. The molecule has 0 saturated heterocycles. The first-order valence-electron chi connectivity index (χ1n) is 6.90. The first-order chi connectivity index (χ1) is 8.88. The van der Waals surface area contributed by atoms with Crippen LogP contribution in [0, 0.1) is 11.3 Å². The lowest BCUT2D eigenvalue weighted by molar-refractivity contribution is -0.143. The predicted molar refractivity (Wildman–Crippen MR) is 78.3 cm³/mol. The lowest BCUT2D eigenvalue weighted by atomic mass is 9.68. The molecule has 2 N–H and O–H groups in total. The average Bonchev–Trinajstić information content (AvgIpc) is 2.33. The highest BCUT2D eigenvalue weighted by Crippen LogP contribution is 2.40. The van der Waals surface area contributed by atoms with Crippen molar-refractivity contribution in [3.05, 3.63) is 0 Å². The van der Waals surface area contributed by atoms with Gasteiger partial charge in [-0.25, -0.2) is 4.79 Å². The van der Waals surface area contributed by atoms with Crippen molar-refractivity contribution in [2.24, 2.45) is 11.3 Å². The van der Waals surface area contributed by atoms with Crippen LogP contribution in [0.5, 0.6) is 0 Å². The van der Waals surface area contributed by atoms with E-state index in [1.807, 2.05) is 6.26 Å². The van der Waals surface area contributed by atoms with Gasteiger partial charge in [-0.1, -0.05) is 26.7 Å². The predicted octanol–water partition coefficient (Wildman–Crippen LogP) is 2.53. The Labute approximate surface area is 119 Å². The molecule has 0 aromatic heterocycles. The quantitative estimate of drug-likeness (QED) is 0.788. The minimum Gasteiger partial charge on any atom is -0.480 e. The molecule has 1 unspecified atom stereocenters. The number of thioether (sulfide) groups is 1. The SMILES string of the molecule is CSCC[C@H](NC(=O)C1CCCCC1(C)C)C(=O)O. The van der Waals surface area contributed by atoms with Gasteiger partial charge in [-0.05, 0) is 36.7 Å². The molecule has 1 amide bonds. The van der Waals surface area contributed by atoms with E-state index in [1.165, 1.54) is 0 Å². The van der Waals surface area contributed by atoms with Crippen LogP contribution < -0.4 is 5.32 Å². The molecule has 0 aliphatic heterocycles. The third kappa shape index (κ3) is 4.71. The molecular formula is C14H25NO3S. The van der Waals surface area contributed by atoms with E-state index >= 15 is 0 Å². The van der Waals surface area contributed by atoms with Gasteiger partial charge < -0.3 is 10.4 Å². The van der Waals surface area contributed by atoms with Crippen molar-refractivity contribution < 1.29 is 14.7 Å². The second-order valence-corrected chi connectivity index (χ2v) is 6.95. The van der Waals surface area contributed by atoms with E-state index in [9.17, 15) is 9.59 Å². The van der Waals surface area contributed by atoms with Crippen molar-refractivity contribution in [2.45, 2.75) is 52.0 Å². The molecule has 5 heteroatoms. The smallest absolute Gasteiger partial charge is 0.326 e. The van der Waals surface area contributed by atoms with Gasteiger partial charge in [-0.15, -0.1) is 0 Å². The van der Waals surface area contributed by atoms with Crippen LogP contribution in [0.3, 0.4) is 0 Å². The molecule has 1 aliphatic carbocycles. The summed E-state index contributed by atoms with van der Waals surface area (Å²) in [5.74, 6) is -0.336. The number of carbonyl (C=O) groups excluding carboxylic acids is 1. The van der Waals surface area contributed by atoms with Gasteiger partial charge in [0.25, 0.3) is 0 Å². The third-order valence-electron chi connectivity index (χ3n) is 4.05. The van der Waals surface area contributed by atoms with E-state index in [4.69, 9.17) is 5.11 Å². The maximum atomic E-state index is 12.3. The topological polar surface area (TPSA) is 66.4 Å². The van der Waals surface area contributed by atoms with Crippen molar-refractivity contribution in [2.75, 3.05) is 12.0 Å². The van der Waals surface area contributed by atoms with Gasteiger partial charge in [0, 0.05) is 5.92 Å². The fourth-order valence-corrected chi connectivity index (χ4v) is 3.22. The second kappa shape index (κ2) is 7.17. The molecular weight excluding hydrogens is 262 g/mol. The van der Waals surface area contributed by atoms with Crippen LogP contribution in [-0.2, 0) is 9.59 Å². The zero-order valence-electron chi connectivity index (χ0n) is 12.1. The normalized spacial score (nSPS) is 23.6. The van der Waals surface area contributed by atoms with Crippen molar-refractivity contribution in [1.82, 2.24) is 5.32 Å². The first kappa shape index (κ1) is 16.3. The Morgan fingerprint density at radius 1 is 1.42 bits per heavy atom. The molecule has 2 atom stereocenters. The van der Waals surface area contributed by atoms with Crippen LogP contribution in [0.4, 0.5) is 0 Å². The molecule has 0 heterocycles. The summed E-state index contributed by atoms with van der Waals surface area (Å²) in [5.41, 5.74) is -0.0229. The van der Waals surface area contributed by atoms with Crippen molar-refractivity contribution >= 4 is 23.6 Å². The lowest BCUT2D eigenvalue weighted by Crippen LogP contribution is -2.48. The van der Waals surface area contributed by atoms with Crippen molar-refractivity contribution in [3.63, 3.8) is 0 Å². The number of hydrogen-bond acceptors (Lipinski definition) is 3. The van der Waals surface area contributed by atoms with Gasteiger partial charge in [0.2, 0.25) is 5.91 Å². The summed E-state index contributed by atoms with van der Waals surface area (Å²) in [6.45, 7) is 4.21. The number of carboxylic acid groups (broad SMARTS) is 1. The minimum absolute atomic E-state index is 0.0229. The summed E-state index contributed by atoms with van der Waals surface area (Å²) in [6, 6.07) is -0.752. The number of amides is 1. The Bertz CT molecular complexity index is 331. The number of nitrogens with one attached hydrogen (secondary N) is 1. The van der Waals surface area contributed by atoms with Gasteiger partial charge in [0.1, 0.15) is 6.04 Å².